The van der Waals surface area contributed by atoms with Gasteiger partial charge in [0.25, 0.3) is 0 Å². The standard InChI is InChI=1S/C5H9I/c1-5-3-2-4-6-5/h4-5H,2-3H2,1H3. The lowest BCUT2D eigenvalue weighted by atomic mass is 10.3. The van der Waals surface area contributed by atoms with E-state index in [-0.39, 0.29) is 0 Å². The summed E-state index contributed by atoms with van der Waals surface area (Å²) in [5, 5.41) is 0. The molecule has 0 saturated heterocycles. The molecule has 1 heterocycles. The van der Waals surface area contributed by atoms with Gasteiger partial charge < -0.3 is 0 Å². The van der Waals surface area contributed by atoms with Crippen molar-refractivity contribution >= 4 is 24.7 Å². The maximum atomic E-state index is 2.49. The molecule has 0 nitrogen and oxygen atoms in total. The van der Waals surface area contributed by atoms with E-state index in [1.807, 2.05) is 0 Å². The SMILES string of the molecule is CC1CCC=I1. The van der Waals surface area contributed by atoms with Gasteiger partial charge in [-0.05, 0) is 12.8 Å². The van der Waals surface area contributed by atoms with Crippen molar-refractivity contribution in [3.63, 3.8) is 0 Å². The van der Waals surface area contributed by atoms with Crippen LogP contribution in [0.25, 0.3) is 0 Å². The first kappa shape index (κ1) is 4.75. The molecule has 6 heavy (non-hydrogen) atoms. The normalized spacial score (nSPS) is 33.2. The Hall–Kier alpha value is 0.600. The van der Waals surface area contributed by atoms with Crippen LogP contribution < -0.4 is 0 Å². The predicted octanol–water partition coefficient (Wildman–Crippen LogP) is 1.94. The first-order chi connectivity index (χ1) is 2.89. The summed E-state index contributed by atoms with van der Waals surface area (Å²) in [5.41, 5.74) is 0. The molecule has 0 saturated carbocycles. The molecule has 36 valence electrons. The average molecular weight is 196 g/mol. The maximum absolute atomic E-state index is 2.49. The van der Waals surface area contributed by atoms with Crippen molar-refractivity contribution in [1.82, 2.24) is 0 Å². The third kappa shape index (κ3) is 1.03. The molecule has 0 N–H and O–H groups in total. The van der Waals surface area contributed by atoms with Crippen molar-refractivity contribution in [3.05, 3.63) is 0 Å². The lowest BCUT2D eigenvalue weighted by molar-refractivity contribution is 0.900. The summed E-state index contributed by atoms with van der Waals surface area (Å²) in [5.74, 6) is 0. The van der Waals surface area contributed by atoms with Gasteiger partial charge in [0.15, 0.2) is 0 Å². The van der Waals surface area contributed by atoms with Crippen LogP contribution in [0.4, 0.5) is 0 Å². The second-order valence-electron chi connectivity index (χ2n) is 1.64. The highest BCUT2D eigenvalue weighted by Gasteiger charge is 1.99. The van der Waals surface area contributed by atoms with Crippen LogP contribution in [0.15, 0.2) is 0 Å². The van der Waals surface area contributed by atoms with E-state index in [1.165, 1.54) is 12.8 Å². The molecule has 0 amide bonds. The van der Waals surface area contributed by atoms with E-state index in [0.717, 1.165) is 3.92 Å². The Morgan fingerprint density at radius 3 is 2.83 bits per heavy atom. The Kier molecular flexibility index (Phi) is 1.62. The van der Waals surface area contributed by atoms with Crippen LogP contribution in [0.5, 0.6) is 0 Å². The van der Waals surface area contributed by atoms with Crippen molar-refractivity contribution in [1.29, 1.82) is 0 Å². The molecule has 0 aromatic rings. The van der Waals surface area contributed by atoms with E-state index in [0.29, 0.717) is 20.7 Å². The highest BCUT2D eigenvalue weighted by molar-refractivity contribution is 14.2. The van der Waals surface area contributed by atoms with Gasteiger partial charge in [-0.15, -0.1) is 20.7 Å². The molecular formula is C5H9I. The molecule has 1 aliphatic rings. The monoisotopic (exact) mass is 196 g/mol. The Balaban J connectivity index is 2.38. The molecule has 1 atom stereocenters. The summed E-state index contributed by atoms with van der Waals surface area (Å²) >= 11 is 0.554. The van der Waals surface area contributed by atoms with Gasteiger partial charge in [0.1, 0.15) is 0 Å². The number of rotatable bonds is 0. The minimum atomic E-state index is 0.554. The minimum Gasteiger partial charge on any atom is -0.124 e. The molecule has 0 aliphatic carbocycles. The number of hydrogen-bond acceptors (Lipinski definition) is 0. The summed E-state index contributed by atoms with van der Waals surface area (Å²) in [4.78, 5) is 0. The Morgan fingerprint density at radius 2 is 2.67 bits per heavy atom. The Labute approximate surface area is 48.7 Å². The van der Waals surface area contributed by atoms with E-state index >= 15 is 0 Å². The van der Waals surface area contributed by atoms with E-state index in [1.54, 1.807) is 0 Å². The lowest BCUT2D eigenvalue weighted by Gasteiger charge is -1.88. The van der Waals surface area contributed by atoms with Crippen LogP contribution in [-0.4, -0.2) is 7.94 Å². The third-order valence-corrected chi connectivity index (χ3v) is 3.96. The molecule has 0 bridgehead atoms. The maximum Gasteiger partial charge on any atom is 0.00340 e. The van der Waals surface area contributed by atoms with Gasteiger partial charge in [0, 0.05) is 3.92 Å². The molecule has 0 radical (unpaired) electrons. The molecule has 1 heteroatoms. The van der Waals surface area contributed by atoms with Crippen molar-refractivity contribution in [2.24, 2.45) is 0 Å². The molecule has 0 aromatic carbocycles. The highest BCUT2D eigenvalue weighted by Crippen LogP contribution is 2.20. The second-order valence-corrected chi connectivity index (χ2v) is 5.36. The molecule has 0 spiro atoms. The predicted molar refractivity (Wildman–Crippen MR) is 38.8 cm³/mol. The van der Waals surface area contributed by atoms with Crippen molar-refractivity contribution < 1.29 is 0 Å². The van der Waals surface area contributed by atoms with Crippen LogP contribution in [0.1, 0.15) is 19.8 Å². The zero-order valence-corrected chi connectivity index (χ0v) is 6.10. The van der Waals surface area contributed by atoms with E-state index < -0.39 is 0 Å². The van der Waals surface area contributed by atoms with Crippen molar-refractivity contribution in [3.8, 4) is 0 Å². The van der Waals surface area contributed by atoms with Crippen molar-refractivity contribution in [2.45, 2.75) is 23.7 Å². The van der Waals surface area contributed by atoms with Gasteiger partial charge in [0.2, 0.25) is 0 Å². The molecule has 0 fully saturated rings. The van der Waals surface area contributed by atoms with Crippen LogP contribution in [0.3, 0.4) is 0 Å². The molecule has 0 aromatic heterocycles. The highest BCUT2D eigenvalue weighted by atomic mass is 127. The van der Waals surface area contributed by atoms with Crippen LogP contribution in [-0.2, 0) is 0 Å². The largest absolute Gasteiger partial charge is 0.124 e. The zero-order valence-electron chi connectivity index (χ0n) is 3.95. The van der Waals surface area contributed by atoms with Gasteiger partial charge in [-0.1, -0.05) is 10.9 Å². The number of alkyl halides is 1. The summed E-state index contributed by atoms with van der Waals surface area (Å²) in [6.45, 7) is 2.36. The average Bonchev–Trinajstić information content (AvgIpc) is 1.86. The first-order valence-electron chi connectivity index (χ1n) is 2.33. The number of halogens is 1. The quantitative estimate of drug-likeness (QED) is 0.410. The second kappa shape index (κ2) is 2.05. The summed E-state index contributed by atoms with van der Waals surface area (Å²) in [7, 11) is 0. The smallest absolute Gasteiger partial charge is 0.00340 e. The molecule has 1 aliphatic heterocycles. The van der Waals surface area contributed by atoms with Crippen molar-refractivity contribution in [2.75, 3.05) is 0 Å². The van der Waals surface area contributed by atoms with E-state index in [9.17, 15) is 0 Å². The minimum absolute atomic E-state index is 0.554. The zero-order chi connectivity index (χ0) is 4.41. The third-order valence-electron chi connectivity index (χ3n) is 0.978. The van der Waals surface area contributed by atoms with Gasteiger partial charge in [-0.25, -0.2) is 0 Å². The van der Waals surface area contributed by atoms with Gasteiger partial charge in [-0.3, -0.25) is 0 Å². The molecular weight excluding hydrogens is 187 g/mol. The van der Waals surface area contributed by atoms with Gasteiger partial charge in [0.05, 0.1) is 0 Å². The Morgan fingerprint density at radius 1 is 1.83 bits per heavy atom. The molecule has 1 unspecified atom stereocenters. The lowest BCUT2D eigenvalue weighted by Crippen LogP contribution is -1.80. The fourth-order valence-electron chi connectivity index (χ4n) is 0.571. The first-order valence-corrected chi connectivity index (χ1v) is 4.82. The fraction of sp³-hybridized carbons (Fsp3) is 0.800. The topological polar surface area (TPSA) is 0 Å². The number of hydrogen-bond donors (Lipinski definition) is 0. The van der Waals surface area contributed by atoms with Crippen LogP contribution in [0, 0.1) is 0 Å². The van der Waals surface area contributed by atoms with E-state index in [2.05, 4.69) is 10.9 Å². The van der Waals surface area contributed by atoms with Crippen LogP contribution >= 0.6 is 20.7 Å². The van der Waals surface area contributed by atoms with Gasteiger partial charge >= 0.3 is 0 Å². The Bertz CT molecular complexity index is 66.3. The fourth-order valence-corrected chi connectivity index (χ4v) is 2.88. The molecule has 1 rings (SSSR count). The van der Waals surface area contributed by atoms with E-state index in [4.69, 9.17) is 0 Å². The van der Waals surface area contributed by atoms with Crippen LogP contribution in [0.2, 0.25) is 0 Å². The summed E-state index contributed by atoms with van der Waals surface area (Å²) in [6, 6.07) is 0. The van der Waals surface area contributed by atoms with Gasteiger partial charge in [-0.2, -0.15) is 0 Å². The summed E-state index contributed by atoms with van der Waals surface area (Å²) in [6.07, 6.45) is 2.89. The summed E-state index contributed by atoms with van der Waals surface area (Å²) < 4.78 is 3.59.